The molecule has 16 heavy (non-hydrogen) atoms. The first-order valence-corrected chi connectivity index (χ1v) is 5.56. The Morgan fingerprint density at radius 1 is 1.25 bits per heavy atom. The molecule has 2 rings (SSSR count). The number of nitrogens with zero attached hydrogens (tertiary/aromatic N) is 2. The minimum atomic E-state index is 0.528. The maximum Gasteiger partial charge on any atom is 0.227 e. The summed E-state index contributed by atoms with van der Waals surface area (Å²) in [5, 5.41) is 3.12. The number of anilines is 3. The van der Waals surface area contributed by atoms with E-state index in [2.05, 4.69) is 31.2 Å². The average molecular weight is 279 g/mol. The van der Waals surface area contributed by atoms with Crippen molar-refractivity contribution in [2.75, 3.05) is 11.1 Å². The molecule has 0 saturated carbocycles. The van der Waals surface area contributed by atoms with Gasteiger partial charge in [0.1, 0.15) is 0 Å². The highest BCUT2D eigenvalue weighted by molar-refractivity contribution is 9.10. The van der Waals surface area contributed by atoms with Gasteiger partial charge in [0.05, 0.1) is 23.8 Å². The van der Waals surface area contributed by atoms with Gasteiger partial charge < -0.3 is 11.1 Å². The largest absolute Gasteiger partial charge is 0.396 e. The first-order chi connectivity index (χ1) is 7.66. The number of benzene rings is 1. The van der Waals surface area contributed by atoms with Crippen LogP contribution in [-0.2, 0) is 0 Å². The van der Waals surface area contributed by atoms with Crippen LogP contribution in [0.3, 0.4) is 0 Å². The van der Waals surface area contributed by atoms with E-state index in [1.807, 2.05) is 25.1 Å². The Kier molecular flexibility index (Phi) is 3.05. The maximum atomic E-state index is 5.51. The van der Waals surface area contributed by atoms with Gasteiger partial charge in [-0.2, -0.15) is 0 Å². The van der Waals surface area contributed by atoms with Crippen LogP contribution in [0.5, 0.6) is 0 Å². The SMILES string of the molecule is Cc1cccc(Nc2ncc(N)cn2)c1Br. The molecule has 1 aromatic heterocycles. The predicted octanol–water partition coefficient (Wildman–Crippen LogP) is 2.87. The Morgan fingerprint density at radius 2 is 1.94 bits per heavy atom. The normalized spacial score (nSPS) is 10.1. The smallest absolute Gasteiger partial charge is 0.227 e. The number of aryl methyl sites for hydroxylation is 1. The number of halogens is 1. The molecule has 1 aromatic carbocycles. The van der Waals surface area contributed by atoms with Crippen LogP contribution < -0.4 is 11.1 Å². The molecule has 0 unspecified atom stereocenters. The molecule has 2 aromatic rings. The molecule has 0 radical (unpaired) electrons. The molecule has 0 aliphatic rings. The van der Waals surface area contributed by atoms with E-state index in [-0.39, 0.29) is 0 Å². The fraction of sp³-hybridized carbons (Fsp3) is 0.0909. The molecule has 0 amide bonds. The van der Waals surface area contributed by atoms with E-state index in [0.717, 1.165) is 15.7 Å². The number of rotatable bonds is 2. The maximum absolute atomic E-state index is 5.51. The van der Waals surface area contributed by atoms with E-state index in [0.29, 0.717) is 11.6 Å². The summed E-state index contributed by atoms with van der Waals surface area (Å²) in [5.74, 6) is 0.528. The molecule has 0 aliphatic carbocycles. The van der Waals surface area contributed by atoms with Gasteiger partial charge in [-0.15, -0.1) is 0 Å². The fourth-order valence-corrected chi connectivity index (χ4v) is 1.63. The van der Waals surface area contributed by atoms with Gasteiger partial charge in [-0.25, -0.2) is 9.97 Å². The van der Waals surface area contributed by atoms with Crippen molar-refractivity contribution in [2.24, 2.45) is 0 Å². The fourth-order valence-electron chi connectivity index (χ4n) is 1.27. The van der Waals surface area contributed by atoms with Gasteiger partial charge in [0.25, 0.3) is 0 Å². The van der Waals surface area contributed by atoms with E-state index in [9.17, 15) is 0 Å². The zero-order chi connectivity index (χ0) is 11.5. The lowest BCUT2D eigenvalue weighted by molar-refractivity contribution is 1.17. The van der Waals surface area contributed by atoms with Crippen LogP contribution in [0.15, 0.2) is 35.1 Å². The lowest BCUT2D eigenvalue weighted by atomic mass is 10.2. The molecule has 0 bridgehead atoms. The second-order valence-corrected chi connectivity index (χ2v) is 4.19. The van der Waals surface area contributed by atoms with Gasteiger partial charge in [0.2, 0.25) is 5.95 Å². The van der Waals surface area contributed by atoms with E-state index >= 15 is 0 Å². The quantitative estimate of drug-likeness (QED) is 0.887. The van der Waals surface area contributed by atoms with E-state index in [1.165, 1.54) is 0 Å². The molecule has 82 valence electrons. The van der Waals surface area contributed by atoms with Gasteiger partial charge in [-0.1, -0.05) is 12.1 Å². The number of hydrogen-bond acceptors (Lipinski definition) is 4. The molecule has 0 fully saturated rings. The number of aromatic nitrogens is 2. The summed E-state index contributed by atoms with van der Waals surface area (Å²) in [7, 11) is 0. The van der Waals surface area contributed by atoms with E-state index in [4.69, 9.17) is 5.73 Å². The Hall–Kier alpha value is -1.62. The number of nitrogens with one attached hydrogen (secondary N) is 1. The first-order valence-electron chi connectivity index (χ1n) is 4.76. The minimum absolute atomic E-state index is 0.528. The number of nitrogens with two attached hydrogens (primary N) is 1. The predicted molar refractivity (Wildman–Crippen MR) is 68.6 cm³/mol. The number of nitrogen functional groups attached to an aromatic ring is 1. The van der Waals surface area contributed by atoms with Crippen LogP contribution in [0.25, 0.3) is 0 Å². The van der Waals surface area contributed by atoms with Gasteiger partial charge in [0.15, 0.2) is 0 Å². The van der Waals surface area contributed by atoms with Crippen LogP contribution in [0, 0.1) is 6.92 Å². The molecule has 0 atom stereocenters. The lowest BCUT2D eigenvalue weighted by Crippen LogP contribution is -1.99. The van der Waals surface area contributed by atoms with E-state index < -0.39 is 0 Å². The molecule has 0 aliphatic heterocycles. The zero-order valence-electron chi connectivity index (χ0n) is 8.74. The van der Waals surface area contributed by atoms with Crippen molar-refractivity contribution in [3.8, 4) is 0 Å². The highest BCUT2D eigenvalue weighted by Crippen LogP contribution is 2.27. The molecular weight excluding hydrogens is 268 g/mol. The summed E-state index contributed by atoms with van der Waals surface area (Å²) in [5.41, 5.74) is 8.15. The topological polar surface area (TPSA) is 63.8 Å². The molecule has 5 heteroatoms. The summed E-state index contributed by atoms with van der Waals surface area (Å²) in [6, 6.07) is 5.95. The third-order valence-electron chi connectivity index (χ3n) is 2.11. The van der Waals surface area contributed by atoms with Crippen LogP contribution in [0.1, 0.15) is 5.56 Å². The van der Waals surface area contributed by atoms with Crippen molar-refractivity contribution >= 4 is 33.3 Å². The van der Waals surface area contributed by atoms with Crippen LogP contribution >= 0.6 is 15.9 Å². The van der Waals surface area contributed by atoms with Crippen LogP contribution in [0.2, 0.25) is 0 Å². The van der Waals surface area contributed by atoms with Crippen molar-refractivity contribution < 1.29 is 0 Å². The Morgan fingerprint density at radius 3 is 2.62 bits per heavy atom. The number of hydrogen-bond donors (Lipinski definition) is 2. The Balaban J connectivity index is 2.27. The molecule has 0 spiro atoms. The molecular formula is C11H11BrN4. The Bertz CT molecular complexity index is 496. The Labute approximate surface area is 102 Å². The van der Waals surface area contributed by atoms with Crippen molar-refractivity contribution in [2.45, 2.75) is 6.92 Å². The summed E-state index contributed by atoms with van der Waals surface area (Å²) >= 11 is 3.51. The van der Waals surface area contributed by atoms with Gasteiger partial charge in [-0.3, -0.25) is 0 Å². The molecule has 0 saturated heterocycles. The second kappa shape index (κ2) is 4.49. The van der Waals surface area contributed by atoms with Crippen LogP contribution in [0.4, 0.5) is 17.3 Å². The van der Waals surface area contributed by atoms with Crippen molar-refractivity contribution in [3.63, 3.8) is 0 Å². The summed E-state index contributed by atoms with van der Waals surface area (Å²) < 4.78 is 1.01. The van der Waals surface area contributed by atoms with Gasteiger partial charge in [0, 0.05) is 4.47 Å². The van der Waals surface area contributed by atoms with Crippen molar-refractivity contribution in [1.29, 1.82) is 0 Å². The standard InChI is InChI=1S/C11H11BrN4/c1-7-3-2-4-9(10(7)12)16-11-14-5-8(13)6-15-11/h2-6H,13H2,1H3,(H,14,15,16). The van der Waals surface area contributed by atoms with Crippen LogP contribution in [-0.4, -0.2) is 9.97 Å². The van der Waals surface area contributed by atoms with Crippen molar-refractivity contribution in [3.05, 3.63) is 40.6 Å². The van der Waals surface area contributed by atoms with Crippen molar-refractivity contribution in [1.82, 2.24) is 9.97 Å². The molecule has 1 heterocycles. The summed E-state index contributed by atoms with van der Waals surface area (Å²) in [4.78, 5) is 8.15. The second-order valence-electron chi connectivity index (χ2n) is 3.40. The molecule has 3 N–H and O–H groups in total. The van der Waals surface area contributed by atoms with E-state index in [1.54, 1.807) is 12.4 Å². The van der Waals surface area contributed by atoms with Gasteiger partial charge >= 0.3 is 0 Å². The third-order valence-corrected chi connectivity index (χ3v) is 3.16. The lowest BCUT2D eigenvalue weighted by Gasteiger charge is -2.08. The highest BCUT2D eigenvalue weighted by Gasteiger charge is 2.03. The average Bonchev–Trinajstić information content (AvgIpc) is 2.28. The first kappa shape index (κ1) is 10.9. The highest BCUT2D eigenvalue weighted by atomic mass is 79.9. The minimum Gasteiger partial charge on any atom is -0.396 e. The zero-order valence-corrected chi connectivity index (χ0v) is 10.3. The molecule has 4 nitrogen and oxygen atoms in total. The summed E-state index contributed by atoms with van der Waals surface area (Å²) in [6.45, 7) is 2.03. The van der Waals surface area contributed by atoms with Gasteiger partial charge in [-0.05, 0) is 34.5 Å². The monoisotopic (exact) mass is 278 g/mol. The summed E-state index contributed by atoms with van der Waals surface area (Å²) in [6.07, 6.45) is 3.14. The third kappa shape index (κ3) is 2.30.